The maximum atomic E-state index is 12.5. The van der Waals surface area contributed by atoms with Crippen molar-refractivity contribution < 1.29 is 9.53 Å². The predicted octanol–water partition coefficient (Wildman–Crippen LogP) is 3.01. The molecule has 0 bridgehead atoms. The second kappa shape index (κ2) is 7.47. The predicted molar refractivity (Wildman–Crippen MR) is 122 cm³/mol. The molecule has 162 valence electrons. The van der Waals surface area contributed by atoms with Gasteiger partial charge in [-0.05, 0) is 37.1 Å². The molecular weight excluding hydrogens is 404 g/mol. The van der Waals surface area contributed by atoms with Crippen LogP contribution in [0.3, 0.4) is 0 Å². The second-order valence-electron chi connectivity index (χ2n) is 8.43. The summed E-state index contributed by atoms with van der Waals surface area (Å²) in [6.07, 6.45) is 2.08. The lowest BCUT2D eigenvalue weighted by Gasteiger charge is -2.35. The number of para-hydroxylation sites is 1. The Bertz CT molecular complexity index is 1320. The van der Waals surface area contributed by atoms with Crippen LogP contribution in [0.15, 0.2) is 48.5 Å². The maximum absolute atomic E-state index is 12.5. The van der Waals surface area contributed by atoms with Crippen LogP contribution in [0.5, 0.6) is 5.75 Å². The number of ether oxygens (including phenoxy) is 1. The van der Waals surface area contributed by atoms with Crippen molar-refractivity contribution in [2.24, 2.45) is 5.92 Å². The van der Waals surface area contributed by atoms with E-state index < -0.39 is 0 Å². The van der Waals surface area contributed by atoms with E-state index in [0.717, 1.165) is 65.6 Å². The molecule has 4 aromatic rings. The van der Waals surface area contributed by atoms with E-state index in [0.29, 0.717) is 19.0 Å². The molecule has 0 N–H and O–H groups in total. The maximum Gasteiger partial charge on any atom is 0.225 e. The van der Waals surface area contributed by atoms with Crippen molar-refractivity contribution in [3.05, 3.63) is 48.5 Å². The van der Waals surface area contributed by atoms with Crippen molar-refractivity contribution in [2.45, 2.75) is 12.8 Å². The van der Waals surface area contributed by atoms with Gasteiger partial charge in [0.25, 0.3) is 0 Å². The minimum absolute atomic E-state index is 0.254. The van der Waals surface area contributed by atoms with Crippen molar-refractivity contribution in [1.82, 2.24) is 24.5 Å². The topological polar surface area (TPSA) is 75.9 Å². The molecule has 6 rings (SSSR count). The first kappa shape index (κ1) is 19.0. The molecule has 0 radical (unpaired) electrons. The van der Waals surface area contributed by atoms with E-state index in [-0.39, 0.29) is 5.92 Å². The third-order valence-electron chi connectivity index (χ3n) is 6.36. The molecule has 0 spiro atoms. The van der Waals surface area contributed by atoms with Crippen LogP contribution in [0.1, 0.15) is 12.8 Å². The van der Waals surface area contributed by atoms with Crippen LogP contribution in [0, 0.1) is 5.92 Å². The molecule has 32 heavy (non-hydrogen) atoms. The summed E-state index contributed by atoms with van der Waals surface area (Å²) in [5.74, 6) is 2.86. The number of anilines is 1. The summed E-state index contributed by atoms with van der Waals surface area (Å²) in [7, 11) is 1.66. The summed E-state index contributed by atoms with van der Waals surface area (Å²) in [6, 6.07) is 15.8. The zero-order valence-electron chi connectivity index (χ0n) is 17.9. The SMILES string of the molecule is COc1cccc(-c2nnc3c4ccccc4nc(N4CCN(C(=O)C5CC5)CC4)n23)c1. The molecular formula is C24H24N6O2. The summed E-state index contributed by atoms with van der Waals surface area (Å²) in [5, 5.41) is 10.1. The minimum atomic E-state index is 0.254. The largest absolute Gasteiger partial charge is 0.497 e. The van der Waals surface area contributed by atoms with E-state index in [1.807, 2.05) is 57.8 Å². The van der Waals surface area contributed by atoms with Crippen molar-refractivity contribution >= 4 is 28.4 Å². The Kier molecular flexibility index (Phi) is 4.45. The van der Waals surface area contributed by atoms with Gasteiger partial charge in [-0.2, -0.15) is 0 Å². The number of carbonyl (C=O) groups is 1. The highest BCUT2D eigenvalue weighted by Crippen LogP contribution is 2.33. The molecule has 8 heteroatoms. The summed E-state index contributed by atoms with van der Waals surface area (Å²) in [4.78, 5) is 21.8. The number of rotatable bonds is 4. The Morgan fingerprint density at radius 3 is 2.59 bits per heavy atom. The highest BCUT2D eigenvalue weighted by Gasteiger charge is 2.35. The van der Waals surface area contributed by atoms with Gasteiger partial charge in [0, 0.05) is 43.0 Å². The van der Waals surface area contributed by atoms with E-state index in [4.69, 9.17) is 9.72 Å². The zero-order chi connectivity index (χ0) is 21.7. The number of aromatic nitrogens is 4. The number of piperazine rings is 1. The fourth-order valence-corrected chi connectivity index (χ4v) is 4.44. The Hall–Kier alpha value is -3.68. The first-order valence-electron chi connectivity index (χ1n) is 11.0. The van der Waals surface area contributed by atoms with E-state index >= 15 is 0 Å². The normalized spacial score (nSPS) is 16.7. The van der Waals surface area contributed by atoms with Gasteiger partial charge in [-0.25, -0.2) is 9.38 Å². The van der Waals surface area contributed by atoms with Crippen molar-refractivity contribution in [2.75, 3.05) is 38.2 Å². The molecule has 8 nitrogen and oxygen atoms in total. The number of hydrogen-bond donors (Lipinski definition) is 0. The zero-order valence-corrected chi connectivity index (χ0v) is 17.9. The lowest BCUT2D eigenvalue weighted by atomic mass is 10.2. The summed E-state index contributed by atoms with van der Waals surface area (Å²) in [6.45, 7) is 2.88. The Balaban J connectivity index is 1.45. The van der Waals surface area contributed by atoms with Crippen LogP contribution >= 0.6 is 0 Å². The molecule has 2 fully saturated rings. The minimum Gasteiger partial charge on any atom is -0.497 e. The smallest absolute Gasteiger partial charge is 0.225 e. The molecule has 1 aliphatic heterocycles. The number of carbonyl (C=O) groups excluding carboxylic acids is 1. The number of benzene rings is 2. The number of nitrogens with zero attached hydrogens (tertiary/aromatic N) is 6. The molecule has 2 aromatic heterocycles. The Morgan fingerprint density at radius 2 is 1.81 bits per heavy atom. The summed E-state index contributed by atoms with van der Waals surface area (Å²) < 4.78 is 7.46. The van der Waals surface area contributed by atoms with E-state index in [9.17, 15) is 4.79 Å². The Morgan fingerprint density at radius 1 is 1.00 bits per heavy atom. The number of fused-ring (bicyclic) bond motifs is 3. The first-order valence-corrected chi connectivity index (χ1v) is 11.0. The van der Waals surface area contributed by atoms with Gasteiger partial charge in [0.2, 0.25) is 11.9 Å². The van der Waals surface area contributed by atoms with Gasteiger partial charge in [0.1, 0.15) is 5.75 Å². The Labute approximate surface area is 185 Å². The lowest BCUT2D eigenvalue weighted by molar-refractivity contribution is -0.132. The monoisotopic (exact) mass is 428 g/mol. The third-order valence-corrected chi connectivity index (χ3v) is 6.36. The standard InChI is InChI=1S/C24H24N6O2/c1-32-18-6-4-5-17(15-18)21-26-27-22-19-7-2-3-8-20(19)25-24(30(21)22)29-13-11-28(12-14-29)23(31)16-9-10-16/h2-8,15-16H,9-14H2,1H3. The van der Waals surface area contributed by atoms with Gasteiger partial charge < -0.3 is 14.5 Å². The van der Waals surface area contributed by atoms with Gasteiger partial charge >= 0.3 is 0 Å². The highest BCUT2D eigenvalue weighted by atomic mass is 16.5. The third kappa shape index (κ3) is 3.14. The molecule has 2 aliphatic rings. The second-order valence-corrected chi connectivity index (χ2v) is 8.43. The summed E-state index contributed by atoms with van der Waals surface area (Å²) in [5.41, 5.74) is 2.58. The number of amides is 1. The number of hydrogen-bond acceptors (Lipinski definition) is 6. The van der Waals surface area contributed by atoms with Crippen LogP contribution in [0.2, 0.25) is 0 Å². The first-order chi connectivity index (χ1) is 15.7. The van der Waals surface area contributed by atoms with Crippen LogP contribution < -0.4 is 9.64 Å². The fraction of sp³-hybridized carbons (Fsp3) is 0.333. The molecule has 3 heterocycles. The van der Waals surface area contributed by atoms with E-state index in [1.54, 1.807) is 7.11 Å². The average Bonchev–Trinajstić information content (AvgIpc) is 3.61. The van der Waals surface area contributed by atoms with Gasteiger partial charge in [0.15, 0.2) is 11.5 Å². The van der Waals surface area contributed by atoms with Crippen molar-refractivity contribution in [3.8, 4) is 17.1 Å². The molecule has 1 saturated heterocycles. The lowest BCUT2D eigenvalue weighted by Crippen LogP contribution is -2.50. The van der Waals surface area contributed by atoms with Crippen molar-refractivity contribution in [3.63, 3.8) is 0 Å². The average molecular weight is 428 g/mol. The van der Waals surface area contributed by atoms with E-state index in [2.05, 4.69) is 15.1 Å². The van der Waals surface area contributed by atoms with Crippen LogP contribution in [-0.4, -0.2) is 63.7 Å². The van der Waals surface area contributed by atoms with Crippen LogP contribution in [0.25, 0.3) is 27.9 Å². The fourth-order valence-electron chi connectivity index (χ4n) is 4.44. The van der Waals surface area contributed by atoms with E-state index in [1.165, 1.54) is 0 Å². The number of methoxy groups -OCH3 is 1. The quantitative estimate of drug-likeness (QED) is 0.497. The molecule has 1 saturated carbocycles. The van der Waals surface area contributed by atoms with Gasteiger partial charge in [-0.1, -0.05) is 24.3 Å². The van der Waals surface area contributed by atoms with Gasteiger partial charge in [-0.15, -0.1) is 10.2 Å². The summed E-state index contributed by atoms with van der Waals surface area (Å²) >= 11 is 0. The van der Waals surface area contributed by atoms with Crippen LogP contribution in [-0.2, 0) is 4.79 Å². The van der Waals surface area contributed by atoms with Crippen molar-refractivity contribution in [1.29, 1.82) is 0 Å². The molecule has 1 aliphatic carbocycles. The molecule has 1 amide bonds. The molecule has 0 unspecified atom stereocenters. The van der Waals surface area contributed by atoms with Crippen LogP contribution in [0.4, 0.5) is 5.95 Å². The highest BCUT2D eigenvalue weighted by molar-refractivity contribution is 5.93. The van der Waals surface area contributed by atoms with Gasteiger partial charge in [-0.3, -0.25) is 4.79 Å². The molecule has 0 atom stereocenters. The molecule has 2 aromatic carbocycles. The van der Waals surface area contributed by atoms with Gasteiger partial charge in [0.05, 0.1) is 12.6 Å².